The standard InChI is InChI=1S/C32H27ClN2O2/c1-34-28-13-6-5-12-27(28)29(30(34)22-8-7-9-24(20-22)37-2)31-25-10-3-4-11-26(25)32(36)35(31)19-18-21-14-16-23(33)17-15-21/h3-17,20,31H,18-19H2,1-2H3/t31-/m0/s1. The lowest BCUT2D eigenvalue weighted by Gasteiger charge is -2.27. The van der Waals surface area contributed by atoms with Crippen LogP contribution in [0.4, 0.5) is 0 Å². The van der Waals surface area contributed by atoms with Gasteiger partial charge in [0, 0.05) is 46.2 Å². The van der Waals surface area contributed by atoms with Crippen LogP contribution in [-0.4, -0.2) is 29.0 Å². The van der Waals surface area contributed by atoms with Crippen LogP contribution in [0.25, 0.3) is 22.2 Å². The van der Waals surface area contributed by atoms with E-state index in [-0.39, 0.29) is 11.9 Å². The highest BCUT2D eigenvalue weighted by molar-refractivity contribution is 6.30. The molecule has 1 aliphatic rings. The average Bonchev–Trinajstić information content (AvgIpc) is 3.38. The minimum Gasteiger partial charge on any atom is -0.497 e. The number of nitrogens with zero attached hydrogens (tertiary/aromatic N) is 2. The fourth-order valence-electron chi connectivity index (χ4n) is 5.63. The number of para-hydroxylation sites is 1. The Labute approximate surface area is 221 Å². The SMILES string of the molecule is COc1cccc(-c2c([C@@H]3c4ccccc4C(=O)N3CCc3ccc(Cl)cc3)c3ccccc3n2C)c1. The molecule has 5 heteroatoms. The molecule has 1 aromatic heterocycles. The number of benzene rings is 4. The van der Waals surface area contributed by atoms with E-state index in [0.29, 0.717) is 11.6 Å². The van der Waals surface area contributed by atoms with Crippen LogP contribution in [0.2, 0.25) is 5.02 Å². The molecule has 184 valence electrons. The van der Waals surface area contributed by atoms with E-state index in [1.165, 1.54) is 0 Å². The van der Waals surface area contributed by atoms with E-state index in [1.54, 1.807) is 7.11 Å². The Hall–Kier alpha value is -4.02. The van der Waals surface area contributed by atoms with Crippen molar-refractivity contribution < 1.29 is 9.53 Å². The zero-order valence-electron chi connectivity index (χ0n) is 20.8. The van der Waals surface area contributed by atoms with Crippen molar-refractivity contribution >= 4 is 28.4 Å². The zero-order valence-corrected chi connectivity index (χ0v) is 21.6. The van der Waals surface area contributed by atoms with E-state index in [0.717, 1.165) is 56.6 Å². The molecule has 0 N–H and O–H groups in total. The van der Waals surface area contributed by atoms with E-state index in [1.807, 2.05) is 59.5 Å². The third kappa shape index (κ3) is 3.98. The number of fused-ring (bicyclic) bond motifs is 2. The van der Waals surface area contributed by atoms with Gasteiger partial charge in [0.2, 0.25) is 0 Å². The quantitative estimate of drug-likeness (QED) is 0.242. The Bertz CT molecular complexity index is 1620. The van der Waals surface area contributed by atoms with Crippen molar-refractivity contribution in [3.05, 3.63) is 124 Å². The van der Waals surface area contributed by atoms with Gasteiger partial charge in [0.05, 0.1) is 18.8 Å². The summed E-state index contributed by atoms with van der Waals surface area (Å²) in [5.41, 5.74) is 7.38. The summed E-state index contributed by atoms with van der Waals surface area (Å²) < 4.78 is 7.80. The van der Waals surface area contributed by atoms with Crippen LogP contribution in [0.3, 0.4) is 0 Å². The molecule has 0 aliphatic carbocycles. The molecule has 1 aliphatic heterocycles. The predicted molar refractivity (Wildman–Crippen MR) is 149 cm³/mol. The van der Waals surface area contributed by atoms with E-state index < -0.39 is 0 Å². The summed E-state index contributed by atoms with van der Waals surface area (Å²) in [5, 5.41) is 1.86. The Morgan fingerprint density at radius 1 is 0.892 bits per heavy atom. The summed E-state index contributed by atoms with van der Waals surface area (Å²) in [6.45, 7) is 0.598. The van der Waals surface area contributed by atoms with Crippen LogP contribution >= 0.6 is 11.6 Å². The van der Waals surface area contributed by atoms with Crippen molar-refractivity contribution in [2.75, 3.05) is 13.7 Å². The van der Waals surface area contributed by atoms with Crippen molar-refractivity contribution in [1.82, 2.24) is 9.47 Å². The molecular weight excluding hydrogens is 480 g/mol. The smallest absolute Gasteiger partial charge is 0.255 e. The van der Waals surface area contributed by atoms with Gasteiger partial charge in [-0.2, -0.15) is 0 Å². The van der Waals surface area contributed by atoms with Crippen LogP contribution in [-0.2, 0) is 13.5 Å². The van der Waals surface area contributed by atoms with Gasteiger partial charge in [-0.05, 0) is 53.9 Å². The van der Waals surface area contributed by atoms with Crippen LogP contribution in [0.15, 0.2) is 97.1 Å². The Kier molecular flexibility index (Phi) is 5.97. The van der Waals surface area contributed by atoms with Crippen molar-refractivity contribution in [3.8, 4) is 17.0 Å². The summed E-state index contributed by atoms with van der Waals surface area (Å²) >= 11 is 6.11. The molecule has 5 aromatic rings. The number of halogens is 1. The summed E-state index contributed by atoms with van der Waals surface area (Å²) in [6, 6.07) is 32.3. The molecule has 0 spiro atoms. The lowest BCUT2D eigenvalue weighted by molar-refractivity contribution is 0.0753. The number of methoxy groups -OCH3 is 1. The molecule has 2 heterocycles. The highest BCUT2D eigenvalue weighted by atomic mass is 35.5. The van der Waals surface area contributed by atoms with Crippen molar-refractivity contribution in [2.45, 2.75) is 12.5 Å². The first-order valence-electron chi connectivity index (χ1n) is 12.4. The van der Waals surface area contributed by atoms with E-state index >= 15 is 0 Å². The zero-order chi connectivity index (χ0) is 25.5. The number of rotatable bonds is 6. The van der Waals surface area contributed by atoms with Crippen LogP contribution in [0, 0.1) is 0 Å². The Morgan fingerprint density at radius 2 is 1.65 bits per heavy atom. The van der Waals surface area contributed by atoms with E-state index in [4.69, 9.17) is 16.3 Å². The maximum absolute atomic E-state index is 13.8. The number of ether oxygens (including phenoxy) is 1. The molecule has 0 unspecified atom stereocenters. The number of amides is 1. The Morgan fingerprint density at radius 3 is 2.46 bits per heavy atom. The maximum atomic E-state index is 13.8. The van der Waals surface area contributed by atoms with Gasteiger partial charge in [-0.25, -0.2) is 0 Å². The number of carbonyl (C=O) groups excluding carboxylic acids is 1. The van der Waals surface area contributed by atoms with Gasteiger partial charge in [0.1, 0.15) is 5.75 Å². The largest absolute Gasteiger partial charge is 0.497 e. The van der Waals surface area contributed by atoms with Crippen molar-refractivity contribution in [2.24, 2.45) is 7.05 Å². The van der Waals surface area contributed by atoms with Gasteiger partial charge in [-0.15, -0.1) is 0 Å². The summed E-state index contributed by atoms with van der Waals surface area (Å²) in [6.07, 6.45) is 0.743. The maximum Gasteiger partial charge on any atom is 0.255 e. The third-order valence-corrected chi connectivity index (χ3v) is 7.63. The molecular formula is C32H27ClN2O2. The molecule has 0 saturated heterocycles. The van der Waals surface area contributed by atoms with Gasteiger partial charge >= 0.3 is 0 Å². The number of hydrogen-bond acceptors (Lipinski definition) is 2. The lowest BCUT2D eigenvalue weighted by Crippen LogP contribution is -2.31. The molecule has 0 saturated carbocycles. The second-order valence-electron chi connectivity index (χ2n) is 9.44. The van der Waals surface area contributed by atoms with Crippen molar-refractivity contribution in [1.29, 1.82) is 0 Å². The molecule has 1 amide bonds. The first-order chi connectivity index (χ1) is 18.1. The highest BCUT2D eigenvalue weighted by Gasteiger charge is 2.40. The number of aryl methyl sites for hydroxylation is 1. The van der Waals surface area contributed by atoms with Gasteiger partial charge in [0.25, 0.3) is 5.91 Å². The summed E-state index contributed by atoms with van der Waals surface area (Å²) in [5.74, 6) is 0.871. The highest BCUT2D eigenvalue weighted by Crippen LogP contribution is 2.46. The number of aromatic nitrogens is 1. The first-order valence-corrected chi connectivity index (χ1v) is 12.8. The number of carbonyl (C=O) groups is 1. The molecule has 0 radical (unpaired) electrons. The second kappa shape index (κ2) is 9.45. The minimum absolute atomic E-state index is 0.0686. The topological polar surface area (TPSA) is 34.5 Å². The third-order valence-electron chi connectivity index (χ3n) is 7.38. The lowest BCUT2D eigenvalue weighted by atomic mass is 9.93. The van der Waals surface area contributed by atoms with Gasteiger partial charge in [-0.1, -0.05) is 72.3 Å². The molecule has 0 bridgehead atoms. The fraction of sp³-hybridized carbons (Fsp3) is 0.156. The molecule has 4 nitrogen and oxygen atoms in total. The molecule has 1 atom stereocenters. The van der Waals surface area contributed by atoms with Crippen LogP contribution in [0.1, 0.15) is 33.1 Å². The van der Waals surface area contributed by atoms with Gasteiger partial charge < -0.3 is 14.2 Å². The predicted octanol–water partition coefficient (Wildman–Crippen LogP) is 7.30. The second-order valence-corrected chi connectivity index (χ2v) is 9.87. The molecule has 6 rings (SSSR count). The van der Waals surface area contributed by atoms with Gasteiger partial charge in [-0.3, -0.25) is 4.79 Å². The van der Waals surface area contributed by atoms with Gasteiger partial charge in [0.15, 0.2) is 0 Å². The minimum atomic E-state index is -0.205. The fourth-order valence-corrected chi connectivity index (χ4v) is 5.76. The summed E-state index contributed by atoms with van der Waals surface area (Å²) in [4.78, 5) is 15.9. The normalized spacial score (nSPS) is 14.8. The monoisotopic (exact) mass is 506 g/mol. The molecule has 4 aromatic carbocycles. The van der Waals surface area contributed by atoms with E-state index in [9.17, 15) is 4.79 Å². The molecule has 0 fully saturated rings. The molecule has 37 heavy (non-hydrogen) atoms. The first kappa shape index (κ1) is 23.4. The van der Waals surface area contributed by atoms with Crippen molar-refractivity contribution in [3.63, 3.8) is 0 Å². The van der Waals surface area contributed by atoms with Crippen LogP contribution < -0.4 is 4.74 Å². The average molecular weight is 507 g/mol. The Balaban J connectivity index is 1.55. The van der Waals surface area contributed by atoms with Crippen LogP contribution in [0.5, 0.6) is 5.75 Å². The summed E-state index contributed by atoms with van der Waals surface area (Å²) in [7, 11) is 3.78. The number of hydrogen-bond donors (Lipinski definition) is 0. The van der Waals surface area contributed by atoms with E-state index in [2.05, 4.69) is 54.1 Å².